The van der Waals surface area contributed by atoms with Crippen molar-refractivity contribution < 1.29 is 9.53 Å². The second kappa shape index (κ2) is 5.97. The molecule has 2 heteroatoms. The van der Waals surface area contributed by atoms with Gasteiger partial charge in [0.05, 0.1) is 13.0 Å². The number of hydrogen-bond donors (Lipinski definition) is 0. The molecule has 0 radical (unpaired) electrons. The Morgan fingerprint density at radius 2 is 1.33 bits per heavy atom. The fourth-order valence-electron chi connectivity index (χ4n) is 3.68. The standard InChI is InChI=1S/C22H18O2/c1-24-17-12-13-18-19(14-17)20(15-8-4-2-5-9-15)21(22(18)23)16-10-6-3-7-11-16/h2-14,20-21H,1H3. The van der Waals surface area contributed by atoms with Crippen LogP contribution in [0, 0.1) is 0 Å². The number of Topliss-reactive ketones (excluding diaryl/α,β-unsaturated/α-hetero) is 1. The first-order valence-corrected chi connectivity index (χ1v) is 8.11. The number of ether oxygens (including phenoxy) is 1. The van der Waals surface area contributed by atoms with Gasteiger partial charge in [0.25, 0.3) is 0 Å². The van der Waals surface area contributed by atoms with Crippen molar-refractivity contribution in [3.8, 4) is 5.75 Å². The van der Waals surface area contributed by atoms with Crippen molar-refractivity contribution in [1.29, 1.82) is 0 Å². The van der Waals surface area contributed by atoms with E-state index in [1.54, 1.807) is 7.11 Å². The minimum Gasteiger partial charge on any atom is -0.497 e. The van der Waals surface area contributed by atoms with Crippen LogP contribution in [0.1, 0.15) is 38.9 Å². The monoisotopic (exact) mass is 314 g/mol. The van der Waals surface area contributed by atoms with E-state index < -0.39 is 0 Å². The number of benzene rings is 3. The molecule has 0 amide bonds. The van der Waals surface area contributed by atoms with Gasteiger partial charge in [-0.1, -0.05) is 60.7 Å². The predicted octanol–water partition coefficient (Wildman–Crippen LogP) is 4.81. The third kappa shape index (κ3) is 2.31. The molecule has 1 aliphatic carbocycles. The Labute approximate surface area is 141 Å². The number of carbonyl (C=O) groups is 1. The van der Waals surface area contributed by atoms with Gasteiger partial charge in [0, 0.05) is 11.5 Å². The van der Waals surface area contributed by atoms with E-state index in [1.165, 1.54) is 0 Å². The molecule has 1 aliphatic rings. The first-order chi connectivity index (χ1) is 11.8. The van der Waals surface area contributed by atoms with Gasteiger partial charge in [-0.25, -0.2) is 0 Å². The van der Waals surface area contributed by atoms with Gasteiger partial charge in [0.2, 0.25) is 0 Å². The summed E-state index contributed by atoms with van der Waals surface area (Å²) in [4.78, 5) is 13.1. The Bertz CT molecular complexity index is 869. The van der Waals surface area contributed by atoms with Crippen molar-refractivity contribution in [3.05, 3.63) is 101 Å². The fraction of sp³-hybridized carbons (Fsp3) is 0.136. The van der Waals surface area contributed by atoms with E-state index in [0.29, 0.717) is 0 Å². The molecular formula is C22H18O2. The Morgan fingerprint density at radius 1 is 0.750 bits per heavy atom. The molecule has 2 atom stereocenters. The van der Waals surface area contributed by atoms with Crippen LogP contribution in [0.2, 0.25) is 0 Å². The summed E-state index contributed by atoms with van der Waals surface area (Å²) in [6, 6.07) is 26.1. The molecule has 2 unspecified atom stereocenters. The molecule has 4 rings (SSSR count). The zero-order valence-corrected chi connectivity index (χ0v) is 13.5. The zero-order valence-electron chi connectivity index (χ0n) is 13.5. The number of methoxy groups -OCH3 is 1. The molecule has 24 heavy (non-hydrogen) atoms. The Balaban J connectivity index is 1.92. The average Bonchev–Trinajstić information content (AvgIpc) is 2.95. The molecule has 0 aliphatic heterocycles. The maximum atomic E-state index is 13.1. The SMILES string of the molecule is COc1ccc2c(c1)C(c1ccccc1)C(c1ccccc1)C2=O. The van der Waals surface area contributed by atoms with Crippen LogP contribution in [0.25, 0.3) is 0 Å². The van der Waals surface area contributed by atoms with Crippen LogP contribution >= 0.6 is 0 Å². The topological polar surface area (TPSA) is 26.3 Å². The van der Waals surface area contributed by atoms with Gasteiger partial charge in [-0.3, -0.25) is 4.79 Å². The Hall–Kier alpha value is -2.87. The summed E-state index contributed by atoms with van der Waals surface area (Å²) >= 11 is 0. The van der Waals surface area contributed by atoms with Crippen molar-refractivity contribution in [1.82, 2.24) is 0 Å². The van der Waals surface area contributed by atoms with Crippen LogP contribution < -0.4 is 4.74 Å². The van der Waals surface area contributed by atoms with Crippen molar-refractivity contribution in [2.45, 2.75) is 11.8 Å². The number of fused-ring (bicyclic) bond motifs is 1. The molecule has 0 N–H and O–H groups in total. The third-order valence-electron chi connectivity index (χ3n) is 4.79. The molecule has 0 bridgehead atoms. The van der Waals surface area contributed by atoms with E-state index in [2.05, 4.69) is 12.1 Å². The van der Waals surface area contributed by atoms with Gasteiger partial charge in [0.1, 0.15) is 5.75 Å². The molecular weight excluding hydrogens is 296 g/mol. The van der Waals surface area contributed by atoms with Crippen LogP contribution in [0.4, 0.5) is 0 Å². The van der Waals surface area contributed by atoms with Crippen molar-refractivity contribution in [3.63, 3.8) is 0 Å². The second-order valence-electron chi connectivity index (χ2n) is 6.09. The number of carbonyl (C=O) groups excluding carboxylic acids is 1. The summed E-state index contributed by atoms with van der Waals surface area (Å²) in [5, 5.41) is 0. The van der Waals surface area contributed by atoms with E-state index in [9.17, 15) is 4.79 Å². The lowest BCUT2D eigenvalue weighted by Gasteiger charge is -2.20. The predicted molar refractivity (Wildman–Crippen MR) is 94.8 cm³/mol. The van der Waals surface area contributed by atoms with Gasteiger partial charge in [0.15, 0.2) is 5.78 Å². The van der Waals surface area contributed by atoms with Gasteiger partial charge >= 0.3 is 0 Å². The minimum absolute atomic E-state index is 0.0196. The van der Waals surface area contributed by atoms with Crippen LogP contribution in [0.3, 0.4) is 0 Å². The number of rotatable bonds is 3. The first kappa shape index (κ1) is 14.7. The van der Waals surface area contributed by atoms with Crippen LogP contribution in [0.5, 0.6) is 5.75 Å². The smallest absolute Gasteiger partial charge is 0.171 e. The summed E-state index contributed by atoms with van der Waals surface area (Å²) in [5.74, 6) is 0.811. The first-order valence-electron chi connectivity index (χ1n) is 8.11. The molecule has 0 saturated carbocycles. The Kier molecular flexibility index (Phi) is 3.66. The van der Waals surface area contributed by atoms with Gasteiger partial charge < -0.3 is 4.74 Å². The molecule has 0 spiro atoms. The quantitative estimate of drug-likeness (QED) is 0.693. The highest BCUT2D eigenvalue weighted by Gasteiger charge is 2.41. The lowest BCUT2D eigenvalue weighted by molar-refractivity contribution is 0.0968. The van der Waals surface area contributed by atoms with E-state index in [0.717, 1.165) is 28.0 Å². The van der Waals surface area contributed by atoms with E-state index in [4.69, 9.17) is 4.74 Å². The normalized spacial score (nSPS) is 19.1. The highest BCUT2D eigenvalue weighted by Crippen LogP contribution is 2.48. The molecule has 118 valence electrons. The number of ketones is 1. The fourth-order valence-corrected chi connectivity index (χ4v) is 3.68. The molecule has 2 nitrogen and oxygen atoms in total. The van der Waals surface area contributed by atoms with Crippen molar-refractivity contribution in [2.24, 2.45) is 0 Å². The highest BCUT2D eigenvalue weighted by molar-refractivity contribution is 6.07. The lowest BCUT2D eigenvalue weighted by Crippen LogP contribution is -2.12. The molecule has 0 saturated heterocycles. The average molecular weight is 314 g/mol. The van der Waals surface area contributed by atoms with Crippen molar-refractivity contribution >= 4 is 5.78 Å². The maximum absolute atomic E-state index is 13.1. The Morgan fingerprint density at radius 3 is 1.92 bits per heavy atom. The van der Waals surface area contributed by atoms with E-state index >= 15 is 0 Å². The molecule has 0 aromatic heterocycles. The van der Waals surface area contributed by atoms with Crippen molar-refractivity contribution in [2.75, 3.05) is 7.11 Å². The van der Waals surface area contributed by atoms with Crippen LogP contribution in [0.15, 0.2) is 78.9 Å². The highest BCUT2D eigenvalue weighted by atomic mass is 16.5. The van der Waals surface area contributed by atoms with Crippen LogP contribution in [-0.4, -0.2) is 12.9 Å². The largest absolute Gasteiger partial charge is 0.497 e. The summed E-state index contributed by atoms with van der Waals surface area (Å²) in [6.07, 6.45) is 0. The van der Waals surface area contributed by atoms with Gasteiger partial charge in [-0.2, -0.15) is 0 Å². The zero-order chi connectivity index (χ0) is 16.5. The van der Waals surface area contributed by atoms with Crippen LogP contribution in [-0.2, 0) is 0 Å². The second-order valence-corrected chi connectivity index (χ2v) is 6.09. The molecule has 3 aromatic rings. The third-order valence-corrected chi connectivity index (χ3v) is 4.79. The van der Waals surface area contributed by atoms with E-state index in [-0.39, 0.29) is 17.6 Å². The summed E-state index contributed by atoms with van der Waals surface area (Å²) < 4.78 is 5.39. The summed E-state index contributed by atoms with van der Waals surface area (Å²) in [5.41, 5.74) is 4.08. The van der Waals surface area contributed by atoms with Gasteiger partial charge in [-0.15, -0.1) is 0 Å². The van der Waals surface area contributed by atoms with E-state index in [1.807, 2.05) is 66.7 Å². The van der Waals surface area contributed by atoms with Gasteiger partial charge in [-0.05, 0) is 34.9 Å². The summed E-state index contributed by atoms with van der Waals surface area (Å²) in [6.45, 7) is 0. The molecule has 3 aromatic carbocycles. The number of hydrogen-bond acceptors (Lipinski definition) is 2. The molecule has 0 heterocycles. The lowest BCUT2D eigenvalue weighted by atomic mass is 9.81. The molecule has 0 fully saturated rings. The minimum atomic E-state index is -0.185. The maximum Gasteiger partial charge on any atom is 0.171 e. The summed E-state index contributed by atoms with van der Waals surface area (Å²) in [7, 11) is 1.66.